The van der Waals surface area contributed by atoms with E-state index in [0.717, 1.165) is 38.3 Å². The zero-order valence-corrected chi connectivity index (χ0v) is 7.62. The van der Waals surface area contributed by atoms with Gasteiger partial charge in [-0.3, -0.25) is 5.10 Å². The molecule has 4 heteroatoms. The van der Waals surface area contributed by atoms with Gasteiger partial charge in [0, 0.05) is 37.7 Å². The highest BCUT2D eigenvalue weighted by molar-refractivity contribution is 4.97. The van der Waals surface area contributed by atoms with E-state index in [4.69, 9.17) is 4.74 Å². The lowest BCUT2D eigenvalue weighted by Gasteiger charge is -2.22. The number of H-pyrrole nitrogens is 1. The van der Waals surface area contributed by atoms with Crippen LogP contribution in [-0.2, 0) is 11.3 Å². The first kappa shape index (κ1) is 8.72. The van der Waals surface area contributed by atoms with Crippen molar-refractivity contribution in [2.75, 3.05) is 13.2 Å². The van der Waals surface area contributed by atoms with Crippen LogP contribution in [0.25, 0.3) is 0 Å². The van der Waals surface area contributed by atoms with Crippen molar-refractivity contribution < 1.29 is 4.74 Å². The number of hydrogen-bond acceptors (Lipinski definition) is 3. The van der Waals surface area contributed by atoms with Gasteiger partial charge in [-0.05, 0) is 18.9 Å². The Labute approximate surface area is 77.7 Å². The average Bonchev–Trinajstić information content (AvgIpc) is 2.69. The Bertz CT molecular complexity index is 229. The minimum atomic E-state index is 0.608. The molecule has 1 aliphatic heterocycles. The molecule has 2 N–H and O–H groups in total. The summed E-state index contributed by atoms with van der Waals surface area (Å²) in [6.07, 6.45) is 4.02. The lowest BCUT2D eigenvalue weighted by Crippen LogP contribution is -2.34. The minimum absolute atomic E-state index is 0.608. The van der Waals surface area contributed by atoms with E-state index in [1.807, 2.05) is 6.07 Å². The molecular weight excluding hydrogens is 166 g/mol. The van der Waals surface area contributed by atoms with E-state index < -0.39 is 0 Å². The van der Waals surface area contributed by atoms with E-state index in [2.05, 4.69) is 15.5 Å². The SMILES string of the molecule is c1cc(CNC2CCOCC2)[nH]n1. The van der Waals surface area contributed by atoms with Crippen molar-refractivity contribution in [3.05, 3.63) is 18.0 Å². The molecule has 0 atom stereocenters. The summed E-state index contributed by atoms with van der Waals surface area (Å²) >= 11 is 0. The number of nitrogens with zero attached hydrogens (tertiary/aromatic N) is 1. The van der Waals surface area contributed by atoms with Crippen molar-refractivity contribution in [3.8, 4) is 0 Å². The molecule has 1 aliphatic rings. The van der Waals surface area contributed by atoms with E-state index in [1.165, 1.54) is 0 Å². The molecule has 0 spiro atoms. The number of aromatic nitrogens is 2. The Morgan fingerprint density at radius 1 is 1.54 bits per heavy atom. The van der Waals surface area contributed by atoms with Crippen molar-refractivity contribution in [1.29, 1.82) is 0 Å². The summed E-state index contributed by atoms with van der Waals surface area (Å²) in [4.78, 5) is 0. The first-order valence-electron chi connectivity index (χ1n) is 4.74. The van der Waals surface area contributed by atoms with Gasteiger partial charge in [0.25, 0.3) is 0 Å². The van der Waals surface area contributed by atoms with E-state index in [1.54, 1.807) is 6.20 Å². The molecular formula is C9H15N3O. The fraction of sp³-hybridized carbons (Fsp3) is 0.667. The van der Waals surface area contributed by atoms with Crippen molar-refractivity contribution in [2.24, 2.45) is 0 Å². The van der Waals surface area contributed by atoms with Gasteiger partial charge >= 0.3 is 0 Å². The smallest absolute Gasteiger partial charge is 0.0490 e. The molecule has 13 heavy (non-hydrogen) atoms. The monoisotopic (exact) mass is 181 g/mol. The summed E-state index contributed by atoms with van der Waals surface area (Å²) in [5.41, 5.74) is 1.14. The van der Waals surface area contributed by atoms with Crippen molar-refractivity contribution in [1.82, 2.24) is 15.5 Å². The third kappa shape index (κ3) is 2.54. The predicted molar refractivity (Wildman–Crippen MR) is 49.3 cm³/mol. The molecule has 0 aromatic carbocycles. The Kier molecular flexibility index (Phi) is 2.94. The summed E-state index contributed by atoms with van der Waals surface area (Å²) in [7, 11) is 0. The van der Waals surface area contributed by atoms with Crippen LogP contribution in [0.15, 0.2) is 12.3 Å². The Morgan fingerprint density at radius 3 is 3.08 bits per heavy atom. The molecule has 0 saturated carbocycles. The molecule has 1 fully saturated rings. The second kappa shape index (κ2) is 4.39. The fourth-order valence-electron chi connectivity index (χ4n) is 1.54. The normalized spacial score (nSPS) is 19.1. The second-order valence-corrected chi connectivity index (χ2v) is 3.35. The van der Waals surface area contributed by atoms with Crippen LogP contribution in [-0.4, -0.2) is 29.5 Å². The van der Waals surface area contributed by atoms with E-state index in [0.29, 0.717) is 6.04 Å². The number of aromatic amines is 1. The first-order chi connectivity index (χ1) is 6.45. The predicted octanol–water partition coefficient (Wildman–Crippen LogP) is 0.678. The van der Waals surface area contributed by atoms with Crippen LogP contribution in [0, 0.1) is 0 Å². The number of rotatable bonds is 3. The topological polar surface area (TPSA) is 49.9 Å². The molecule has 0 aliphatic carbocycles. The molecule has 1 aromatic heterocycles. The lowest BCUT2D eigenvalue weighted by molar-refractivity contribution is 0.0775. The van der Waals surface area contributed by atoms with Crippen LogP contribution < -0.4 is 5.32 Å². The summed E-state index contributed by atoms with van der Waals surface area (Å²) < 4.78 is 5.28. The maximum atomic E-state index is 5.28. The summed E-state index contributed by atoms with van der Waals surface area (Å²) in [6, 6.07) is 2.60. The van der Waals surface area contributed by atoms with Crippen LogP contribution in [0.2, 0.25) is 0 Å². The van der Waals surface area contributed by atoms with Gasteiger partial charge in [-0.25, -0.2) is 0 Å². The van der Waals surface area contributed by atoms with Crippen molar-refractivity contribution in [2.45, 2.75) is 25.4 Å². The zero-order valence-electron chi connectivity index (χ0n) is 7.62. The largest absolute Gasteiger partial charge is 0.381 e. The van der Waals surface area contributed by atoms with Crippen molar-refractivity contribution in [3.63, 3.8) is 0 Å². The summed E-state index contributed by atoms with van der Waals surface area (Å²) in [5, 5.41) is 10.3. The average molecular weight is 181 g/mol. The van der Waals surface area contributed by atoms with Gasteiger partial charge in [0.15, 0.2) is 0 Å². The quantitative estimate of drug-likeness (QED) is 0.721. The highest BCUT2D eigenvalue weighted by Gasteiger charge is 2.12. The maximum Gasteiger partial charge on any atom is 0.0490 e. The van der Waals surface area contributed by atoms with Gasteiger partial charge in [-0.2, -0.15) is 5.10 Å². The van der Waals surface area contributed by atoms with Crippen LogP contribution in [0.1, 0.15) is 18.5 Å². The number of hydrogen-bond donors (Lipinski definition) is 2. The number of ether oxygens (including phenoxy) is 1. The third-order valence-electron chi connectivity index (χ3n) is 2.36. The van der Waals surface area contributed by atoms with Crippen LogP contribution in [0.5, 0.6) is 0 Å². The molecule has 0 unspecified atom stereocenters. The first-order valence-corrected chi connectivity index (χ1v) is 4.74. The van der Waals surface area contributed by atoms with Crippen LogP contribution in [0.4, 0.5) is 0 Å². The minimum Gasteiger partial charge on any atom is -0.381 e. The second-order valence-electron chi connectivity index (χ2n) is 3.35. The van der Waals surface area contributed by atoms with Crippen LogP contribution >= 0.6 is 0 Å². The molecule has 1 aromatic rings. The summed E-state index contributed by atoms with van der Waals surface area (Å²) in [5.74, 6) is 0. The van der Waals surface area contributed by atoms with Gasteiger partial charge in [0.05, 0.1) is 0 Å². The van der Waals surface area contributed by atoms with E-state index >= 15 is 0 Å². The Hall–Kier alpha value is -0.870. The molecule has 0 radical (unpaired) electrons. The highest BCUT2D eigenvalue weighted by atomic mass is 16.5. The highest BCUT2D eigenvalue weighted by Crippen LogP contribution is 2.06. The van der Waals surface area contributed by atoms with Crippen molar-refractivity contribution >= 4 is 0 Å². The van der Waals surface area contributed by atoms with Gasteiger partial charge in [0.1, 0.15) is 0 Å². The molecule has 0 amide bonds. The van der Waals surface area contributed by atoms with E-state index in [-0.39, 0.29) is 0 Å². The lowest BCUT2D eigenvalue weighted by atomic mass is 10.1. The van der Waals surface area contributed by atoms with Gasteiger partial charge in [-0.15, -0.1) is 0 Å². The maximum absolute atomic E-state index is 5.28. The van der Waals surface area contributed by atoms with E-state index in [9.17, 15) is 0 Å². The zero-order chi connectivity index (χ0) is 8.93. The van der Waals surface area contributed by atoms with Gasteiger partial charge < -0.3 is 10.1 Å². The molecule has 72 valence electrons. The Morgan fingerprint density at radius 2 is 2.38 bits per heavy atom. The number of nitrogens with one attached hydrogen (secondary N) is 2. The molecule has 2 rings (SSSR count). The molecule has 0 bridgehead atoms. The van der Waals surface area contributed by atoms with Crippen LogP contribution in [0.3, 0.4) is 0 Å². The molecule has 4 nitrogen and oxygen atoms in total. The molecule has 1 saturated heterocycles. The standard InChI is InChI=1S/C9H15N3O/c1-4-11-12-9(1)7-10-8-2-5-13-6-3-8/h1,4,8,10H,2-3,5-7H2,(H,11,12). The fourth-order valence-corrected chi connectivity index (χ4v) is 1.54. The Balaban J connectivity index is 1.72. The molecule has 2 heterocycles. The summed E-state index contributed by atoms with van der Waals surface area (Å²) in [6.45, 7) is 2.66. The van der Waals surface area contributed by atoms with Gasteiger partial charge in [0.2, 0.25) is 0 Å². The van der Waals surface area contributed by atoms with Gasteiger partial charge in [-0.1, -0.05) is 0 Å². The third-order valence-corrected chi connectivity index (χ3v) is 2.36.